The van der Waals surface area contributed by atoms with Gasteiger partial charge in [0.2, 0.25) is 0 Å². The van der Waals surface area contributed by atoms with Gasteiger partial charge in [-0.15, -0.1) is 0 Å². The molecule has 1 heterocycles. The molecule has 2 aromatic carbocycles. The second-order valence-electron chi connectivity index (χ2n) is 6.20. The summed E-state index contributed by atoms with van der Waals surface area (Å²) in [5, 5.41) is 9.94. The number of benzene rings is 2. The van der Waals surface area contributed by atoms with Crippen LogP contribution in [0.15, 0.2) is 48.7 Å². The van der Waals surface area contributed by atoms with Crippen LogP contribution in [0.3, 0.4) is 0 Å². The number of nitrogens with one attached hydrogen (secondary N) is 2. The average molecular weight is 381 g/mol. The van der Waals surface area contributed by atoms with E-state index in [1.54, 1.807) is 33.5 Å². The van der Waals surface area contributed by atoms with Crippen molar-refractivity contribution in [3.63, 3.8) is 0 Å². The van der Waals surface area contributed by atoms with Crippen LogP contribution in [0.2, 0.25) is 0 Å². The highest BCUT2D eigenvalue weighted by molar-refractivity contribution is 6.00. The van der Waals surface area contributed by atoms with E-state index in [9.17, 15) is 4.79 Å². The van der Waals surface area contributed by atoms with E-state index in [1.165, 1.54) is 6.20 Å². The fourth-order valence-electron chi connectivity index (χ4n) is 2.92. The summed E-state index contributed by atoms with van der Waals surface area (Å²) in [5.41, 5.74) is 2.82. The monoisotopic (exact) mass is 381 g/mol. The van der Waals surface area contributed by atoms with Crippen molar-refractivity contribution in [1.82, 2.24) is 15.5 Å². The molecule has 3 rings (SSSR count). The molecule has 28 heavy (non-hydrogen) atoms. The van der Waals surface area contributed by atoms with Crippen molar-refractivity contribution < 1.29 is 19.0 Å². The molecule has 0 spiro atoms. The Morgan fingerprint density at radius 1 is 1.00 bits per heavy atom. The van der Waals surface area contributed by atoms with E-state index in [-0.39, 0.29) is 11.9 Å². The van der Waals surface area contributed by atoms with Gasteiger partial charge in [-0.3, -0.25) is 9.89 Å². The summed E-state index contributed by atoms with van der Waals surface area (Å²) in [5.74, 6) is 1.74. The molecular formula is C21H23N3O4. The van der Waals surface area contributed by atoms with Gasteiger partial charge in [0.15, 0.2) is 11.5 Å². The zero-order valence-electron chi connectivity index (χ0n) is 16.3. The van der Waals surface area contributed by atoms with Crippen molar-refractivity contribution >= 4 is 5.91 Å². The number of nitrogens with zero attached hydrogens (tertiary/aromatic N) is 1. The summed E-state index contributed by atoms with van der Waals surface area (Å²) in [4.78, 5) is 12.8. The maximum Gasteiger partial charge on any atom is 0.255 e. The van der Waals surface area contributed by atoms with Gasteiger partial charge in [-0.2, -0.15) is 5.10 Å². The normalized spacial score (nSPS) is 11.6. The van der Waals surface area contributed by atoms with Crippen LogP contribution < -0.4 is 19.5 Å². The van der Waals surface area contributed by atoms with Gasteiger partial charge in [0, 0.05) is 5.56 Å². The number of ether oxygens (including phenoxy) is 3. The second-order valence-corrected chi connectivity index (χ2v) is 6.20. The third kappa shape index (κ3) is 3.93. The first kappa shape index (κ1) is 19.3. The van der Waals surface area contributed by atoms with E-state index in [1.807, 2.05) is 37.3 Å². The van der Waals surface area contributed by atoms with Crippen LogP contribution in [0.5, 0.6) is 17.2 Å². The third-order valence-corrected chi connectivity index (χ3v) is 4.52. The number of hydrogen-bond acceptors (Lipinski definition) is 5. The third-order valence-electron chi connectivity index (χ3n) is 4.52. The van der Waals surface area contributed by atoms with Gasteiger partial charge in [0.05, 0.1) is 44.8 Å². The van der Waals surface area contributed by atoms with Gasteiger partial charge < -0.3 is 19.5 Å². The lowest BCUT2D eigenvalue weighted by Crippen LogP contribution is -2.26. The lowest BCUT2D eigenvalue weighted by atomic mass is 10.1. The highest BCUT2D eigenvalue weighted by Crippen LogP contribution is 2.32. The fraction of sp³-hybridized carbons (Fsp3) is 0.238. The molecule has 0 unspecified atom stereocenters. The zero-order valence-corrected chi connectivity index (χ0v) is 16.3. The minimum absolute atomic E-state index is 0.174. The fourth-order valence-corrected chi connectivity index (χ4v) is 2.92. The lowest BCUT2D eigenvalue weighted by Gasteiger charge is -2.15. The minimum atomic E-state index is -0.221. The number of hydrogen-bond donors (Lipinski definition) is 2. The molecule has 1 amide bonds. The van der Waals surface area contributed by atoms with E-state index in [0.717, 1.165) is 16.9 Å². The summed E-state index contributed by atoms with van der Waals surface area (Å²) in [6.07, 6.45) is 1.52. The van der Waals surface area contributed by atoms with E-state index < -0.39 is 0 Å². The Bertz CT molecular complexity index is 951. The van der Waals surface area contributed by atoms with Gasteiger partial charge in [0.25, 0.3) is 5.91 Å². The zero-order chi connectivity index (χ0) is 20.1. The Kier molecular flexibility index (Phi) is 5.84. The molecule has 1 aromatic heterocycles. The number of rotatable bonds is 7. The van der Waals surface area contributed by atoms with Gasteiger partial charge >= 0.3 is 0 Å². The summed E-state index contributed by atoms with van der Waals surface area (Å²) < 4.78 is 15.8. The van der Waals surface area contributed by atoms with Crippen molar-refractivity contribution in [2.45, 2.75) is 13.0 Å². The Morgan fingerprint density at radius 3 is 2.36 bits per heavy atom. The number of methoxy groups -OCH3 is 3. The quantitative estimate of drug-likeness (QED) is 0.653. The van der Waals surface area contributed by atoms with Crippen LogP contribution in [-0.2, 0) is 0 Å². The number of carbonyl (C=O) groups excluding carboxylic acids is 1. The maximum absolute atomic E-state index is 12.8. The molecule has 2 N–H and O–H groups in total. The molecule has 146 valence electrons. The van der Waals surface area contributed by atoms with Gasteiger partial charge in [-0.25, -0.2) is 0 Å². The Hall–Kier alpha value is -3.48. The topological polar surface area (TPSA) is 85.5 Å². The Labute approximate surface area is 163 Å². The molecule has 0 fully saturated rings. The van der Waals surface area contributed by atoms with Crippen LogP contribution in [0.1, 0.15) is 28.9 Å². The highest BCUT2D eigenvalue weighted by atomic mass is 16.5. The molecule has 0 aliphatic carbocycles. The van der Waals surface area contributed by atoms with Crippen LogP contribution in [-0.4, -0.2) is 37.4 Å². The number of amides is 1. The van der Waals surface area contributed by atoms with Crippen molar-refractivity contribution in [3.8, 4) is 28.5 Å². The number of H-pyrrole nitrogens is 1. The number of carbonyl (C=O) groups is 1. The Morgan fingerprint density at radius 2 is 1.71 bits per heavy atom. The van der Waals surface area contributed by atoms with Crippen LogP contribution in [0.4, 0.5) is 0 Å². The predicted octanol–water partition coefficient (Wildman–Crippen LogP) is 3.59. The Balaban J connectivity index is 1.81. The molecule has 1 atom stereocenters. The van der Waals surface area contributed by atoms with Gasteiger partial charge in [0.1, 0.15) is 5.75 Å². The second kappa shape index (κ2) is 8.47. The summed E-state index contributed by atoms with van der Waals surface area (Å²) in [7, 11) is 4.76. The van der Waals surface area contributed by atoms with Crippen molar-refractivity contribution in [3.05, 3.63) is 59.8 Å². The summed E-state index contributed by atoms with van der Waals surface area (Å²) in [6.45, 7) is 1.93. The first-order valence-corrected chi connectivity index (χ1v) is 8.78. The molecule has 0 saturated heterocycles. The average Bonchev–Trinajstić information content (AvgIpc) is 3.23. The summed E-state index contributed by atoms with van der Waals surface area (Å²) >= 11 is 0. The van der Waals surface area contributed by atoms with Crippen LogP contribution in [0.25, 0.3) is 11.3 Å². The molecule has 7 nitrogen and oxygen atoms in total. The summed E-state index contributed by atoms with van der Waals surface area (Å²) in [6, 6.07) is 12.8. The lowest BCUT2D eigenvalue weighted by molar-refractivity contribution is 0.0940. The molecule has 7 heteroatoms. The first-order valence-electron chi connectivity index (χ1n) is 8.78. The highest BCUT2D eigenvalue weighted by Gasteiger charge is 2.19. The van der Waals surface area contributed by atoms with Crippen LogP contribution in [0, 0.1) is 0 Å². The number of aromatic amines is 1. The molecule has 0 aliphatic heterocycles. The van der Waals surface area contributed by atoms with E-state index >= 15 is 0 Å². The minimum Gasteiger partial charge on any atom is -0.497 e. The molecule has 0 saturated carbocycles. The van der Waals surface area contributed by atoms with E-state index in [4.69, 9.17) is 14.2 Å². The molecule has 0 bridgehead atoms. The SMILES string of the molecule is COc1ccc([C@@H](C)NC(=O)c2cn[nH]c2-c2ccc(OC)c(OC)c2)cc1. The predicted molar refractivity (Wildman–Crippen MR) is 106 cm³/mol. The maximum atomic E-state index is 12.8. The van der Waals surface area contributed by atoms with Crippen LogP contribution >= 0.6 is 0 Å². The van der Waals surface area contributed by atoms with Crippen molar-refractivity contribution in [2.24, 2.45) is 0 Å². The van der Waals surface area contributed by atoms with Gasteiger partial charge in [-0.1, -0.05) is 12.1 Å². The molecule has 0 aliphatic rings. The number of aromatic nitrogens is 2. The molecular weight excluding hydrogens is 358 g/mol. The first-order chi connectivity index (χ1) is 13.6. The standard InChI is InChI=1S/C21H23N3O4/c1-13(14-5-8-16(26-2)9-6-14)23-21(25)17-12-22-24-20(17)15-7-10-18(27-3)19(11-15)28-4/h5-13H,1-4H3,(H,22,24)(H,23,25)/t13-/m1/s1. The van der Waals surface area contributed by atoms with E-state index in [0.29, 0.717) is 22.8 Å². The largest absolute Gasteiger partial charge is 0.497 e. The molecule has 0 radical (unpaired) electrons. The van der Waals surface area contributed by atoms with Crippen molar-refractivity contribution in [1.29, 1.82) is 0 Å². The van der Waals surface area contributed by atoms with Crippen molar-refractivity contribution in [2.75, 3.05) is 21.3 Å². The molecule has 3 aromatic rings. The van der Waals surface area contributed by atoms with Gasteiger partial charge in [-0.05, 0) is 42.8 Å². The van der Waals surface area contributed by atoms with E-state index in [2.05, 4.69) is 15.5 Å². The smallest absolute Gasteiger partial charge is 0.255 e.